The average molecular weight is 186 g/mol. The number of hydrogen-bond donors (Lipinski definition) is 1. The fourth-order valence-corrected chi connectivity index (χ4v) is 1.62. The monoisotopic (exact) mass is 186 g/mol. The van der Waals surface area contributed by atoms with E-state index in [9.17, 15) is 4.79 Å². The van der Waals surface area contributed by atoms with Crippen molar-refractivity contribution in [1.82, 2.24) is 10.2 Å². The number of hydrogen-bond acceptors (Lipinski definition) is 4. The van der Waals surface area contributed by atoms with Crippen LogP contribution < -0.4 is 5.32 Å². The van der Waals surface area contributed by atoms with Crippen LogP contribution in [0.3, 0.4) is 0 Å². The van der Waals surface area contributed by atoms with Crippen molar-refractivity contribution in [1.29, 1.82) is 0 Å². The summed E-state index contributed by atoms with van der Waals surface area (Å²) >= 11 is 0. The number of rotatable bonds is 2. The normalized spacial score (nSPS) is 29.8. The molecule has 2 aliphatic rings. The van der Waals surface area contributed by atoms with Crippen molar-refractivity contribution >= 4 is 6.09 Å². The zero-order valence-corrected chi connectivity index (χ0v) is 7.49. The molecule has 0 spiro atoms. The van der Waals surface area contributed by atoms with E-state index in [1.54, 1.807) is 0 Å². The minimum atomic E-state index is -0.293. The SMILES string of the molecule is O=C1N[C@H](CN2CCOCC2)CO1. The van der Waals surface area contributed by atoms with Gasteiger partial charge in [0.15, 0.2) is 0 Å². The zero-order chi connectivity index (χ0) is 9.10. The second kappa shape index (κ2) is 3.93. The Labute approximate surface area is 77.0 Å². The van der Waals surface area contributed by atoms with Gasteiger partial charge in [0.2, 0.25) is 0 Å². The van der Waals surface area contributed by atoms with Crippen LogP contribution in [0.2, 0.25) is 0 Å². The number of amides is 1. The van der Waals surface area contributed by atoms with Gasteiger partial charge in [0.1, 0.15) is 6.61 Å². The van der Waals surface area contributed by atoms with Gasteiger partial charge in [-0.05, 0) is 0 Å². The van der Waals surface area contributed by atoms with Crippen molar-refractivity contribution in [2.75, 3.05) is 39.5 Å². The van der Waals surface area contributed by atoms with Gasteiger partial charge < -0.3 is 14.8 Å². The summed E-state index contributed by atoms with van der Waals surface area (Å²) in [5.41, 5.74) is 0. The van der Waals surface area contributed by atoms with Crippen LogP contribution in [-0.4, -0.2) is 56.5 Å². The summed E-state index contributed by atoms with van der Waals surface area (Å²) in [7, 11) is 0. The maximum atomic E-state index is 10.7. The van der Waals surface area contributed by atoms with Crippen molar-refractivity contribution in [3.8, 4) is 0 Å². The lowest BCUT2D eigenvalue weighted by Gasteiger charge is -2.28. The summed E-state index contributed by atoms with van der Waals surface area (Å²) in [4.78, 5) is 13.0. The van der Waals surface area contributed by atoms with Gasteiger partial charge in [0, 0.05) is 19.6 Å². The standard InChI is InChI=1S/C8H14N2O3/c11-8-9-7(6-13-8)5-10-1-3-12-4-2-10/h7H,1-6H2,(H,9,11)/t7-/m1/s1. The fraction of sp³-hybridized carbons (Fsp3) is 0.875. The molecule has 2 aliphatic heterocycles. The largest absolute Gasteiger partial charge is 0.447 e. The van der Waals surface area contributed by atoms with Gasteiger partial charge in [-0.3, -0.25) is 4.90 Å². The summed E-state index contributed by atoms with van der Waals surface area (Å²) in [5.74, 6) is 0. The Morgan fingerprint density at radius 1 is 1.46 bits per heavy atom. The first-order valence-electron chi connectivity index (χ1n) is 4.58. The van der Waals surface area contributed by atoms with Crippen LogP contribution in [0, 0.1) is 0 Å². The van der Waals surface area contributed by atoms with Gasteiger partial charge >= 0.3 is 6.09 Å². The van der Waals surface area contributed by atoms with E-state index < -0.39 is 0 Å². The summed E-state index contributed by atoms with van der Waals surface area (Å²) in [6.07, 6.45) is -0.293. The average Bonchev–Trinajstić information content (AvgIpc) is 2.53. The van der Waals surface area contributed by atoms with E-state index in [-0.39, 0.29) is 12.1 Å². The summed E-state index contributed by atoms with van der Waals surface area (Å²) in [6, 6.07) is 0.158. The molecule has 2 saturated heterocycles. The van der Waals surface area contributed by atoms with Gasteiger partial charge in [-0.1, -0.05) is 0 Å². The van der Waals surface area contributed by atoms with E-state index in [1.807, 2.05) is 0 Å². The third kappa shape index (κ3) is 2.32. The molecule has 0 bridgehead atoms. The molecule has 2 heterocycles. The van der Waals surface area contributed by atoms with Gasteiger partial charge in [-0.2, -0.15) is 0 Å². The van der Waals surface area contributed by atoms with Crippen LogP contribution in [0.1, 0.15) is 0 Å². The number of carbonyl (C=O) groups is 1. The highest BCUT2D eigenvalue weighted by Gasteiger charge is 2.24. The molecule has 0 aromatic heterocycles. The van der Waals surface area contributed by atoms with Gasteiger partial charge in [-0.15, -0.1) is 0 Å². The minimum Gasteiger partial charge on any atom is -0.447 e. The Hall–Kier alpha value is -0.810. The van der Waals surface area contributed by atoms with E-state index in [1.165, 1.54) is 0 Å². The van der Waals surface area contributed by atoms with Crippen molar-refractivity contribution in [3.05, 3.63) is 0 Å². The highest BCUT2D eigenvalue weighted by Crippen LogP contribution is 2.03. The lowest BCUT2D eigenvalue weighted by atomic mass is 10.3. The number of nitrogens with zero attached hydrogens (tertiary/aromatic N) is 1. The molecule has 5 nitrogen and oxygen atoms in total. The Bertz CT molecular complexity index is 192. The molecular weight excluding hydrogens is 172 g/mol. The number of alkyl carbamates (subject to hydrolysis) is 1. The van der Waals surface area contributed by atoms with E-state index >= 15 is 0 Å². The van der Waals surface area contributed by atoms with Crippen molar-refractivity contribution < 1.29 is 14.3 Å². The topological polar surface area (TPSA) is 50.8 Å². The van der Waals surface area contributed by atoms with Crippen LogP contribution in [0.4, 0.5) is 4.79 Å². The molecule has 0 aliphatic carbocycles. The van der Waals surface area contributed by atoms with Crippen LogP contribution in [0.25, 0.3) is 0 Å². The van der Waals surface area contributed by atoms with Crippen molar-refractivity contribution in [3.63, 3.8) is 0 Å². The molecule has 2 fully saturated rings. The molecule has 1 amide bonds. The molecule has 0 saturated carbocycles. The number of morpholine rings is 1. The maximum Gasteiger partial charge on any atom is 0.407 e. The Balaban J connectivity index is 1.73. The third-order valence-electron chi connectivity index (χ3n) is 2.32. The molecule has 1 N–H and O–H groups in total. The van der Waals surface area contributed by atoms with E-state index in [0.29, 0.717) is 6.61 Å². The second-order valence-corrected chi connectivity index (χ2v) is 3.35. The lowest BCUT2D eigenvalue weighted by molar-refractivity contribution is 0.0339. The van der Waals surface area contributed by atoms with E-state index in [2.05, 4.69) is 10.2 Å². The quantitative estimate of drug-likeness (QED) is 0.627. The molecule has 1 atom stereocenters. The van der Waals surface area contributed by atoms with Crippen LogP contribution in [-0.2, 0) is 9.47 Å². The molecule has 13 heavy (non-hydrogen) atoms. The first-order valence-corrected chi connectivity index (χ1v) is 4.58. The van der Waals surface area contributed by atoms with Crippen LogP contribution >= 0.6 is 0 Å². The predicted octanol–water partition coefficient (Wildman–Crippen LogP) is -0.573. The summed E-state index contributed by atoms with van der Waals surface area (Å²) in [5, 5.41) is 2.76. The van der Waals surface area contributed by atoms with Gasteiger partial charge in [0.05, 0.1) is 19.3 Å². The fourth-order valence-electron chi connectivity index (χ4n) is 1.62. The van der Waals surface area contributed by atoms with Gasteiger partial charge in [-0.25, -0.2) is 4.79 Å². The number of ether oxygens (including phenoxy) is 2. The third-order valence-corrected chi connectivity index (χ3v) is 2.32. The first-order chi connectivity index (χ1) is 6.34. The molecule has 0 aromatic carbocycles. The lowest BCUT2D eigenvalue weighted by Crippen LogP contribution is -2.44. The molecular formula is C8H14N2O3. The van der Waals surface area contributed by atoms with Crippen molar-refractivity contribution in [2.45, 2.75) is 6.04 Å². The second-order valence-electron chi connectivity index (χ2n) is 3.35. The molecule has 5 heteroatoms. The van der Waals surface area contributed by atoms with E-state index in [4.69, 9.17) is 9.47 Å². The molecule has 2 rings (SSSR count). The number of cyclic esters (lactones) is 1. The molecule has 0 radical (unpaired) electrons. The smallest absolute Gasteiger partial charge is 0.407 e. The maximum absolute atomic E-state index is 10.7. The highest BCUT2D eigenvalue weighted by atomic mass is 16.6. The van der Waals surface area contributed by atoms with E-state index in [0.717, 1.165) is 32.8 Å². The first kappa shape index (κ1) is 8.77. The van der Waals surface area contributed by atoms with Crippen LogP contribution in [0.15, 0.2) is 0 Å². The zero-order valence-electron chi connectivity index (χ0n) is 7.49. The Morgan fingerprint density at radius 3 is 2.85 bits per heavy atom. The number of carbonyl (C=O) groups excluding carboxylic acids is 1. The molecule has 0 aromatic rings. The number of nitrogens with one attached hydrogen (secondary N) is 1. The summed E-state index contributed by atoms with van der Waals surface area (Å²) < 4.78 is 10.0. The van der Waals surface area contributed by atoms with Gasteiger partial charge in [0.25, 0.3) is 0 Å². The van der Waals surface area contributed by atoms with Crippen LogP contribution in [0.5, 0.6) is 0 Å². The Kier molecular flexibility index (Phi) is 2.65. The highest BCUT2D eigenvalue weighted by molar-refractivity contribution is 5.69. The van der Waals surface area contributed by atoms with Crippen molar-refractivity contribution in [2.24, 2.45) is 0 Å². The predicted molar refractivity (Wildman–Crippen MR) is 45.5 cm³/mol. The molecule has 0 unspecified atom stereocenters. The minimum absolute atomic E-state index is 0.158. The molecule has 74 valence electrons. The summed E-state index contributed by atoms with van der Waals surface area (Å²) in [6.45, 7) is 4.85. The Morgan fingerprint density at radius 2 is 2.23 bits per heavy atom.